The van der Waals surface area contributed by atoms with Gasteiger partial charge in [0, 0.05) is 25.1 Å². The van der Waals surface area contributed by atoms with E-state index in [1.165, 1.54) is 18.0 Å². The van der Waals surface area contributed by atoms with Crippen molar-refractivity contribution in [1.29, 1.82) is 0 Å². The molecule has 6 heteroatoms. The van der Waals surface area contributed by atoms with Crippen LogP contribution in [0.5, 0.6) is 0 Å². The lowest BCUT2D eigenvalue weighted by molar-refractivity contribution is 0.0166. The van der Waals surface area contributed by atoms with Gasteiger partial charge in [0.2, 0.25) is 0 Å². The summed E-state index contributed by atoms with van der Waals surface area (Å²) in [5.74, 6) is 0. The molecule has 1 unspecified atom stereocenters. The molecule has 1 N–H and O–H groups in total. The smallest absolute Gasteiger partial charge is 0.0893 e. The fourth-order valence-electron chi connectivity index (χ4n) is 1.77. The molecule has 0 aromatic carbocycles. The molecule has 0 saturated carbocycles. The van der Waals surface area contributed by atoms with Crippen molar-refractivity contribution >= 4 is 11.5 Å². The van der Waals surface area contributed by atoms with Crippen molar-refractivity contribution in [2.24, 2.45) is 0 Å². The molecule has 0 bridgehead atoms. The third kappa shape index (κ3) is 5.08. The Labute approximate surface area is 106 Å². The van der Waals surface area contributed by atoms with E-state index >= 15 is 0 Å². The predicted molar refractivity (Wildman–Crippen MR) is 66.0 cm³/mol. The van der Waals surface area contributed by atoms with Crippen LogP contribution >= 0.6 is 11.5 Å². The number of hydrogen-bond donors (Lipinski definition) is 1. The minimum Gasteiger partial charge on any atom is -0.379 e. The van der Waals surface area contributed by atoms with Crippen molar-refractivity contribution in [3.63, 3.8) is 0 Å². The number of aromatic nitrogens is 2. The van der Waals surface area contributed by atoms with E-state index in [-0.39, 0.29) is 0 Å². The fraction of sp³-hybridized carbons (Fsp3) is 0.818. The largest absolute Gasteiger partial charge is 0.379 e. The molecule has 2 rings (SSSR count). The lowest BCUT2D eigenvalue weighted by Gasteiger charge is -2.09. The summed E-state index contributed by atoms with van der Waals surface area (Å²) in [5.41, 5.74) is 1.01. The first kappa shape index (κ1) is 12.9. The number of nitrogens with zero attached hydrogens (tertiary/aromatic N) is 2. The summed E-state index contributed by atoms with van der Waals surface area (Å²) in [6.45, 7) is 4.18. The molecule has 2 heterocycles. The zero-order valence-electron chi connectivity index (χ0n) is 9.93. The van der Waals surface area contributed by atoms with E-state index in [0.29, 0.717) is 6.10 Å². The summed E-state index contributed by atoms with van der Waals surface area (Å²) in [6.07, 6.45) is 3.68. The highest BCUT2D eigenvalue weighted by Crippen LogP contribution is 2.11. The summed E-state index contributed by atoms with van der Waals surface area (Å²) in [6, 6.07) is 0. The number of rotatable bonds is 8. The van der Waals surface area contributed by atoms with E-state index in [4.69, 9.17) is 9.47 Å². The second kappa shape index (κ2) is 7.71. The van der Waals surface area contributed by atoms with Crippen LogP contribution in [0.1, 0.15) is 25.0 Å². The van der Waals surface area contributed by atoms with Crippen molar-refractivity contribution in [3.05, 3.63) is 11.1 Å². The highest BCUT2D eigenvalue weighted by Gasteiger charge is 2.14. The Balaban J connectivity index is 1.39. The van der Waals surface area contributed by atoms with Crippen molar-refractivity contribution < 1.29 is 9.47 Å². The Bertz CT molecular complexity index is 289. The van der Waals surface area contributed by atoms with Gasteiger partial charge in [-0.25, -0.2) is 0 Å². The Morgan fingerprint density at radius 2 is 2.59 bits per heavy atom. The van der Waals surface area contributed by atoms with E-state index in [1.807, 2.05) is 5.38 Å². The van der Waals surface area contributed by atoms with Gasteiger partial charge >= 0.3 is 0 Å². The second-order valence-corrected chi connectivity index (χ2v) is 4.75. The topological polar surface area (TPSA) is 56.3 Å². The molecular weight excluding hydrogens is 238 g/mol. The van der Waals surface area contributed by atoms with E-state index in [2.05, 4.69) is 14.9 Å². The van der Waals surface area contributed by atoms with Crippen LogP contribution in [0, 0.1) is 0 Å². The Morgan fingerprint density at radius 1 is 1.59 bits per heavy atom. The van der Waals surface area contributed by atoms with Gasteiger partial charge < -0.3 is 14.8 Å². The van der Waals surface area contributed by atoms with Gasteiger partial charge in [0.05, 0.1) is 18.4 Å². The molecule has 1 atom stereocenters. The molecule has 0 spiro atoms. The van der Waals surface area contributed by atoms with E-state index < -0.39 is 0 Å². The summed E-state index contributed by atoms with van der Waals surface area (Å²) in [7, 11) is 0. The Hall–Kier alpha value is -0.560. The standard InChI is InChI=1S/C11H19N3O2S/c1-3-11(16-6-1)8-15-5-2-4-12-7-10-9-17-14-13-10/h9,11-12H,1-8H2. The molecule has 5 nitrogen and oxygen atoms in total. The molecule has 17 heavy (non-hydrogen) atoms. The van der Waals surface area contributed by atoms with Crippen LogP contribution in [0.3, 0.4) is 0 Å². The van der Waals surface area contributed by atoms with Crippen molar-refractivity contribution in [2.75, 3.05) is 26.4 Å². The molecule has 1 aliphatic rings. The van der Waals surface area contributed by atoms with Gasteiger partial charge in [0.25, 0.3) is 0 Å². The number of ether oxygens (including phenoxy) is 2. The maximum Gasteiger partial charge on any atom is 0.0893 e. The van der Waals surface area contributed by atoms with Gasteiger partial charge in [0.15, 0.2) is 0 Å². The normalized spacial score (nSPS) is 19.9. The van der Waals surface area contributed by atoms with E-state index in [9.17, 15) is 0 Å². The molecule has 1 saturated heterocycles. The van der Waals surface area contributed by atoms with Crippen molar-refractivity contribution in [3.8, 4) is 0 Å². The quantitative estimate of drug-likeness (QED) is 0.710. The molecule has 0 radical (unpaired) electrons. The summed E-state index contributed by atoms with van der Waals surface area (Å²) in [5, 5.41) is 9.23. The molecule has 1 fully saturated rings. The molecule has 1 aromatic heterocycles. The summed E-state index contributed by atoms with van der Waals surface area (Å²) in [4.78, 5) is 0. The zero-order valence-corrected chi connectivity index (χ0v) is 10.7. The van der Waals surface area contributed by atoms with Crippen LogP contribution in [0.15, 0.2) is 5.38 Å². The van der Waals surface area contributed by atoms with Gasteiger partial charge in [-0.3, -0.25) is 0 Å². The van der Waals surface area contributed by atoms with Crippen LogP contribution in [-0.2, 0) is 16.0 Å². The van der Waals surface area contributed by atoms with E-state index in [0.717, 1.165) is 51.4 Å². The first-order valence-corrected chi connectivity index (χ1v) is 6.95. The third-order valence-corrected chi connectivity index (χ3v) is 3.23. The lowest BCUT2D eigenvalue weighted by Crippen LogP contribution is -2.19. The average Bonchev–Trinajstić information content (AvgIpc) is 3.00. The van der Waals surface area contributed by atoms with Gasteiger partial charge in [-0.2, -0.15) is 0 Å². The molecule has 1 aliphatic heterocycles. The van der Waals surface area contributed by atoms with Crippen molar-refractivity contribution in [2.45, 2.75) is 31.9 Å². The molecule has 0 amide bonds. The average molecular weight is 257 g/mol. The minimum atomic E-state index is 0.337. The second-order valence-electron chi connectivity index (χ2n) is 4.14. The predicted octanol–water partition coefficient (Wildman–Crippen LogP) is 1.21. The number of nitrogens with one attached hydrogen (secondary N) is 1. The lowest BCUT2D eigenvalue weighted by atomic mass is 10.2. The van der Waals surface area contributed by atoms with Crippen LogP contribution in [0.2, 0.25) is 0 Å². The van der Waals surface area contributed by atoms with E-state index in [1.54, 1.807) is 0 Å². The molecule has 1 aromatic rings. The highest BCUT2D eigenvalue weighted by molar-refractivity contribution is 7.03. The molecular formula is C11H19N3O2S. The Kier molecular flexibility index (Phi) is 5.84. The highest BCUT2D eigenvalue weighted by atomic mass is 32.1. The Morgan fingerprint density at radius 3 is 3.35 bits per heavy atom. The summed E-state index contributed by atoms with van der Waals surface area (Å²) < 4.78 is 14.8. The van der Waals surface area contributed by atoms with Gasteiger partial charge in [-0.1, -0.05) is 4.49 Å². The maximum atomic E-state index is 5.56. The third-order valence-electron chi connectivity index (χ3n) is 2.68. The van der Waals surface area contributed by atoms with Gasteiger partial charge in [0.1, 0.15) is 0 Å². The first-order valence-electron chi connectivity index (χ1n) is 6.11. The summed E-state index contributed by atoms with van der Waals surface area (Å²) >= 11 is 1.39. The minimum absolute atomic E-state index is 0.337. The number of hydrogen-bond acceptors (Lipinski definition) is 6. The van der Waals surface area contributed by atoms with Crippen LogP contribution in [0.4, 0.5) is 0 Å². The molecule has 0 aliphatic carbocycles. The van der Waals surface area contributed by atoms with Gasteiger partial charge in [-0.05, 0) is 37.3 Å². The van der Waals surface area contributed by atoms with Gasteiger partial charge in [-0.15, -0.1) is 5.10 Å². The van der Waals surface area contributed by atoms with Crippen LogP contribution in [0.25, 0.3) is 0 Å². The maximum absolute atomic E-state index is 5.56. The van der Waals surface area contributed by atoms with Crippen LogP contribution in [-0.4, -0.2) is 42.1 Å². The SMILES string of the molecule is c1snnc1CNCCCOCC1CCCO1. The zero-order chi connectivity index (χ0) is 11.8. The first-order chi connectivity index (χ1) is 8.45. The monoisotopic (exact) mass is 257 g/mol. The fourth-order valence-corrected chi connectivity index (χ4v) is 2.22. The molecule has 96 valence electrons. The van der Waals surface area contributed by atoms with Crippen molar-refractivity contribution in [1.82, 2.24) is 14.9 Å². The van der Waals surface area contributed by atoms with Crippen LogP contribution < -0.4 is 5.32 Å².